The van der Waals surface area contributed by atoms with Gasteiger partial charge in [0.15, 0.2) is 0 Å². The maximum atomic E-state index is 5.99. The molecule has 0 saturated carbocycles. The molecule has 1 N–H and O–H groups in total. The summed E-state index contributed by atoms with van der Waals surface area (Å²) in [5, 5.41) is 3.46. The first-order valence-corrected chi connectivity index (χ1v) is 5.68. The molecule has 0 aromatic carbocycles. The Labute approximate surface area is 91.1 Å². The van der Waals surface area contributed by atoms with Gasteiger partial charge in [0, 0.05) is 26.9 Å². The van der Waals surface area contributed by atoms with Crippen molar-refractivity contribution in [2.45, 2.75) is 18.2 Å². The summed E-state index contributed by atoms with van der Waals surface area (Å²) in [5.74, 6) is 0.759. The molecule has 1 rings (SSSR count). The second-order valence-corrected chi connectivity index (χ2v) is 4.38. The van der Waals surface area contributed by atoms with Gasteiger partial charge < -0.3 is 14.8 Å². The van der Waals surface area contributed by atoms with Gasteiger partial charge in [-0.05, 0) is 25.3 Å². The maximum absolute atomic E-state index is 5.99. The van der Waals surface area contributed by atoms with Crippen LogP contribution in [0.15, 0.2) is 0 Å². The van der Waals surface area contributed by atoms with Crippen molar-refractivity contribution in [3.63, 3.8) is 0 Å². The third-order valence-electron chi connectivity index (χ3n) is 2.49. The molecule has 14 heavy (non-hydrogen) atoms. The molecule has 0 spiro atoms. The van der Waals surface area contributed by atoms with Crippen molar-refractivity contribution >= 4 is 11.6 Å². The van der Waals surface area contributed by atoms with Crippen LogP contribution in [0, 0.1) is 5.92 Å². The van der Waals surface area contributed by atoms with Gasteiger partial charge in [0.25, 0.3) is 0 Å². The number of methoxy groups -OCH3 is 1. The highest BCUT2D eigenvalue weighted by Crippen LogP contribution is 2.13. The van der Waals surface area contributed by atoms with E-state index in [0.717, 1.165) is 32.2 Å². The van der Waals surface area contributed by atoms with Gasteiger partial charge in [-0.25, -0.2) is 0 Å². The van der Waals surface area contributed by atoms with Crippen molar-refractivity contribution < 1.29 is 9.47 Å². The average molecular weight is 222 g/mol. The normalized spacial score (nSPS) is 21.0. The van der Waals surface area contributed by atoms with E-state index in [9.17, 15) is 0 Å². The fourth-order valence-electron chi connectivity index (χ4n) is 1.63. The van der Waals surface area contributed by atoms with Crippen molar-refractivity contribution in [3.8, 4) is 0 Å². The third-order valence-corrected chi connectivity index (χ3v) is 2.77. The van der Waals surface area contributed by atoms with Gasteiger partial charge in [0.1, 0.15) is 0 Å². The Kier molecular flexibility index (Phi) is 6.52. The molecule has 3 nitrogen and oxygen atoms in total. The van der Waals surface area contributed by atoms with Gasteiger partial charge in [-0.3, -0.25) is 0 Å². The molecule has 0 aliphatic carbocycles. The highest BCUT2D eigenvalue weighted by atomic mass is 35.5. The highest BCUT2D eigenvalue weighted by molar-refractivity contribution is 6.20. The van der Waals surface area contributed by atoms with E-state index in [1.165, 1.54) is 12.8 Å². The van der Waals surface area contributed by atoms with Gasteiger partial charge in [0.05, 0.1) is 12.0 Å². The number of ether oxygens (including phenoxy) is 2. The highest BCUT2D eigenvalue weighted by Gasteiger charge is 2.13. The van der Waals surface area contributed by atoms with Crippen LogP contribution < -0.4 is 5.32 Å². The summed E-state index contributed by atoms with van der Waals surface area (Å²) in [5.41, 5.74) is 0. The molecule has 0 radical (unpaired) electrons. The lowest BCUT2D eigenvalue weighted by Gasteiger charge is -2.22. The second-order valence-electron chi connectivity index (χ2n) is 3.77. The van der Waals surface area contributed by atoms with Crippen LogP contribution in [0.4, 0.5) is 0 Å². The van der Waals surface area contributed by atoms with Crippen molar-refractivity contribution in [1.29, 1.82) is 0 Å². The molecule has 84 valence electrons. The lowest BCUT2D eigenvalue weighted by molar-refractivity contribution is 0.0662. The summed E-state index contributed by atoms with van der Waals surface area (Å²) < 4.78 is 10.2. The zero-order valence-corrected chi connectivity index (χ0v) is 9.55. The van der Waals surface area contributed by atoms with E-state index in [-0.39, 0.29) is 5.38 Å². The lowest BCUT2D eigenvalue weighted by Crippen LogP contribution is -2.32. The first kappa shape index (κ1) is 12.2. The molecule has 1 unspecified atom stereocenters. The van der Waals surface area contributed by atoms with E-state index in [4.69, 9.17) is 21.1 Å². The molecule has 1 saturated heterocycles. The second kappa shape index (κ2) is 7.46. The van der Waals surface area contributed by atoms with E-state index in [2.05, 4.69) is 5.32 Å². The van der Waals surface area contributed by atoms with Crippen molar-refractivity contribution in [3.05, 3.63) is 0 Å². The molecule has 0 bridgehead atoms. The molecular formula is C10H20ClNO2. The number of alkyl halides is 1. The molecule has 0 amide bonds. The monoisotopic (exact) mass is 221 g/mol. The van der Waals surface area contributed by atoms with Gasteiger partial charge in [0.2, 0.25) is 0 Å². The van der Waals surface area contributed by atoms with Crippen LogP contribution in [0.3, 0.4) is 0 Å². The topological polar surface area (TPSA) is 30.5 Å². The molecule has 0 aromatic rings. The van der Waals surface area contributed by atoms with Crippen molar-refractivity contribution in [1.82, 2.24) is 5.32 Å². The minimum Gasteiger partial charge on any atom is -0.383 e. The molecule has 1 aliphatic rings. The van der Waals surface area contributed by atoms with E-state index in [1.807, 2.05) is 0 Å². The number of hydrogen-bond donors (Lipinski definition) is 1. The third kappa shape index (κ3) is 5.15. The summed E-state index contributed by atoms with van der Waals surface area (Å²) in [6.07, 6.45) is 2.34. The summed E-state index contributed by atoms with van der Waals surface area (Å²) in [4.78, 5) is 0. The number of hydrogen-bond acceptors (Lipinski definition) is 3. The van der Waals surface area contributed by atoms with Crippen LogP contribution in [0.25, 0.3) is 0 Å². The maximum Gasteiger partial charge on any atom is 0.0693 e. The zero-order valence-electron chi connectivity index (χ0n) is 8.80. The lowest BCUT2D eigenvalue weighted by atomic mass is 10.0. The molecule has 1 atom stereocenters. The Balaban J connectivity index is 1.96. The summed E-state index contributed by atoms with van der Waals surface area (Å²) in [6.45, 7) is 4.31. The molecular weight excluding hydrogens is 202 g/mol. The Morgan fingerprint density at radius 1 is 1.50 bits per heavy atom. The Morgan fingerprint density at radius 2 is 2.21 bits per heavy atom. The molecule has 1 heterocycles. The molecule has 1 fully saturated rings. The van der Waals surface area contributed by atoms with Crippen LogP contribution >= 0.6 is 11.6 Å². The van der Waals surface area contributed by atoms with E-state index < -0.39 is 0 Å². The fourth-order valence-corrected chi connectivity index (χ4v) is 1.87. The van der Waals surface area contributed by atoms with Crippen LogP contribution in [-0.4, -0.2) is 45.4 Å². The van der Waals surface area contributed by atoms with Gasteiger partial charge >= 0.3 is 0 Å². The summed E-state index contributed by atoms with van der Waals surface area (Å²) in [6, 6.07) is 0. The van der Waals surface area contributed by atoms with Crippen molar-refractivity contribution in [2.24, 2.45) is 5.92 Å². The fraction of sp³-hybridized carbons (Fsp3) is 1.00. The SMILES string of the molecule is COCC(Cl)CNCC1CCOCC1. The number of rotatable bonds is 6. The first-order valence-electron chi connectivity index (χ1n) is 5.24. The summed E-state index contributed by atoms with van der Waals surface area (Å²) >= 11 is 5.99. The largest absolute Gasteiger partial charge is 0.383 e. The summed E-state index contributed by atoms with van der Waals surface area (Å²) in [7, 11) is 1.67. The predicted octanol–water partition coefficient (Wildman–Crippen LogP) is 1.26. The Morgan fingerprint density at radius 3 is 2.86 bits per heavy atom. The molecule has 1 aliphatic heterocycles. The Bertz CT molecular complexity index is 140. The minimum absolute atomic E-state index is 0.0832. The average Bonchev–Trinajstić information content (AvgIpc) is 2.20. The smallest absolute Gasteiger partial charge is 0.0693 e. The predicted molar refractivity (Wildman–Crippen MR) is 57.9 cm³/mol. The molecule has 0 aromatic heterocycles. The van der Waals surface area contributed by atoms with Crippen LogP contribution in [0.5, 0.6) is 0 Å². The van der Waals surface area contributed by atoms with Gasteiger partial charge in [-0.15, -0.1) is 11.6 Å². The van der Waals surface area contributed by atoms with E-state index in [1.54, 1.807) is 7.11 Å². The van der Waals surface area contributed by atoms with Crippen LogP contribution in [0.2, 0.25) is 0 Å². The zero-order chi connectivity index (χ0) is 10.2. The quantitative estimate of drug-likeness (QED) is 0.685. The standard InChI is InChI=1S/C10H20ClNO2/c1-13-8-10(11)7-12-6-9-2-4-14-5-3-9/h9-10,12H,2-8H2,1H3. The molecule has 4 heteroatoms. The van der Waals surface area contributed by atoms with E-state index in [0.29, 0.717) is 6.61 Å². The van der Waals surface area contributed by atoms with Crippen molar-refractivity contribution in [2.75, 3.05) is 40.0 Å². The van der Waals surface area contributed by atoms with E-state index >= 15 is 0 Å². The van der Waals surface area contributed by atoms with Crippen LogP contribution in [-0.2, 0) is 9.47 Å². The number of nitrogens with one attached hydrogen (secondary N) is 1. The van der Waals surface area contributed by atoms with Gasteiger partial charge in [-0.2, -0.15) is 0 Å². The minimum atomic E-state index is 0.0832. The van der Waals surface area contributed by atoms with Gasteiger partial charge in [-0.1, -0.05) is 0 Å². The number of halogens is 1. The first-order chi connectivity index (χ1) is 6.83. The Hall–Kier alpha value is 0.170. The van der Waals surface area contributed by atoms with Crippen LogP contribution in [0.1, 0.15) is 12.8 Å².